The minimum absolute atomic E-state index is 0.115. The molecule has 0 saturated heterocycles. The van der Waals surface area contributed by atoms with Crippen molar-refractivity contribution >= 4 is 34.9 Å². The summed E-state index contributed by atoms with van der Waals surface area (Å²) in [5.41, 5.74) is 5.23. The van der Waals surface area contributed by atoms with Crippen molar-refractivity contribution < 1.29 is 4.79 Å². The predicted octanol–water partition coefficient (Wildman–Crippen LogP) is 1.90. The van der Waals surface area contributed by atoms with E-state index in [-0.39, 0.29) is 5.91 Å². The maximum absolute atomic E-state index is 12.4. The summed E-state index contributed by atoms with van der Waals surface area (Å²) in [6.45, 7) is 2.93. The second-order valence-corrected chi connectivity index (χ2v) is 6.46. The van der Waals surface area contributed by atoms with Crippen molar-refractivity contribution in [2.45, 2.75) is 26.2 Å². The van der Waals surface area contributed by atoms with E-state index in [0.29, 0.717) is 10.9 Å². The number of nitrogens with two attached hydrogens (primary N) is 1. The van der Waals surface area contributed by atoms with E-state index in [1.165, 1.54) is 0 Å². The van der Waals surface area contributed by atoms with Crippen LogP contribution in [0, 0.1) is 11.3 Å². The van der Waals surface area contributed by atoms with Gasteiger partial charge in [0.25, 0.3) is 0 Å². The molecule has 2 N–H and O–H groups in total. The molecular formula is C12H22N2OS2. The Morgan fingerprint density at radius 2 is 2.18 bits per heavy atom. The lowest BCUT2D eigenvalue weighted by Gasteiger charge is -2.46. The molecule has 0 spiro atoms. The van der Waals surface area contributed by atoms with Crippen LogP contribution in [0.4, 0.5) is 0 Å². The monoisotopic (exact) mass is 274 g/mol. The van der Waals surface area contributed by atoms with Gasteiger partial charge in [-0.1, -0.05) is 19.1 Å². The molecular weight excluding hydrogens is 252 g/mol. The average molecular weight is 274 g/mol. The van der Waals surface area contributed by atoms with Crippen LogP contribution in [0.3, 0.4) is 0 Å². The van der Waals surface area contributed by atoms with Gasteiger partial charge in [-0.3, -0.25) is 4.79 Å². The Balaban J connectivity index is 2.57. The molecule has 5 heteroatoms. The van der Waals surface area contributed by atoms with Crippen molar-refractivity contribution in [2.24, 2.45) is 17.1 Å². The van der Waals surface area contributed by atoms with Crippen molar-refractivity contribution in [1.29, 1.82) is 0 Å². The summed E-state index contributed by atoms with van der Waals surface area (Å²) in [6.07, 6.45) is 4.72. The highest BCUT2D eigenvalue weighted by molar-refractivity contribution is 7.98. The van der Waals surface area contributed by atoms with Crippen LogP contribution in [0.2, 0.25) is 0 Å². The second kappa shape index (κ2) is 6.05. The Bertz CT molecular complexity index is 301. The molecule has 0 unspecified atom stereocenters. The molecule has 98 valence electrons. The minimum Gasteiger partial charge on any atom is -0.392 e. The molecule has 0 radical (unpaired) electrons. The zero-order chi connectivity index (χ0) is 13.1. The first-order chi connectivity index (χ1) is 7.94. The van der Waals surface area contributed by atoms with Crippen LogP contribution in [0.15, 0.2) is 0 Å². The fraction of sp³-hybridized carbons (Fsp3) is 0.833. The minimum atomic E-state index is -0.539. The molecule has 0 aromatic carbocycles. The van der Waals surface area contributed by atoms with Crippen molar-refractivity contribution in [1.82, 2.24) is 4.90 Å². The summed E-state index contributed by atoms with van der Waals surface area (Å²) in [7, 11) is 1.85. The molecule has 1 aliphatic carbocycles. The van der Waals surface area contributed by atoms with E-state index >= 15 is 0 Å². The summed E-state index contributed by atoms with van der Waals surface area (Å²) < 4.78 is 0. The number of amides is 1. The zero-order valence-electron chi connectivity index (χ0n) is 10.9. The maximum atomic E-state index is 12.4. The zero-order valence-corrected chi connectivity index (χ0v) is 12.5. The lowest BCUT2D eigenvalue weighted by Crippen LogP contribution is -2.56. The molecule has 0 bridgehead atoms. The third-order valence-corrected chi connectivity index (χ3v) is 4.55. The summed E-state index contributed by atoms with van der Waals surface area (Å²) in [6, 6.07) is 0. The summed E-state index contributed by atoms with van der Waals surface area (Å²) in [5.74, 6) is 1.75. The SMILES string of the molecule is CSCCCN(C)C(=O)C1(C(N)=S)CC(C)C1. The Labute approximate surface area is 113 Å². The van der Waals surface area contributed by atoms with Crippen molar-refractivity contribution in [3.05, 3.63) is 0 Å². The van der Waals surface area contributed by atoms with Crippen molar-refractivity contribution in [3.63, 3.8) is 0 Å². The lowest BCUT2D eigenvalue weighted by atomic mass is 9.61. The van der Waals surface area contributed by atoms with Gasteiger partial charge in [-0.05, 0) is 37.2 Å². The normalized spacial score (nSPS) is 27.4. The van der Waals surface area contributed by atoms with Gasteiger partial charge in [0.1, 0.15) is 0 Å². The van der Waals surface area contributed by atoms with Gasteiger partial charge in [0.15, 0.2) is 0 Å². The number of carbonyl (C=O) groups excluding carboxylic acids is 1. The number of nitrogens with zero attached hydrogens (tertiary/aromatic N) is 1. The van der Waals surface area contributed by atoms with Gasteiger partial charge >= 0.3 is 0 Å². The molecule has 3 nitrogen and oxygen atoms in total. The molecule has 0 atom stereocenters. The second-order valence-electron chi connectivity index (χ2n) is 5.03. The number of hydrogen-bond donors (Lipinski definition) is 1. The fourth-order valence-corrected chi connectivity index (χ4v) is 3.20. The highest BCUT2D eigenvalue weighted by Gasteiger charge is 2.51. The molecule has 1 fully saturated rings. The van der Waals surface area contributed by atoms with Crippen molar-refractivity contribution in [3.8, 4) is 0 Å². The molecule has 0 heterocycles. The predicted molar refractivity (Wildman–Crippen MR) is 78.3 cm³/mol. The van der Waals surface area contributed by atoms with Crippen molar-refractivity contribution in [2.75, 3.05) is 25.6 Å². The molecule has 0 aliphatic heterocycles. The highest BCUT2D eigenvalue weighted by atomic mass is 32.2. The average Bonchev–Trinajstić information content (AvgIpc) is 2.23. The lowest BCUT2D eigenvalue weighted by molar-refractivity contribution is -0.142. The quantitative estimate of drug-likeness (QED) is 0.593. The largest absolute Gasteiger partial charge is 0.392 e. The van der Waals surface area contributed by atoms with Crippen LogP contribution in [0.5, 0.6) is 0 Å². The Morgan fingerprint density at radius 3 is 2.59 bits per heavy atom. The van der Waals surface area contributed by atoms with Gasteiger partial charge in [0.05, 0.1) is 10.4 Å². The van der Waals surface area contributed by atoms with E-state index in [1.807, 2.05) is 7.05 Å². The molecule has 1 aliphatic rings. The van der Waals surface area contributed by atoms with Gasteiger partial charge in [0.2, 0.25) is 5.91 Å². The first-order valence-corrected chi connectivity index (χ1v) is 7.78. The van der Waals surface area contributed by atoms with Crippen LogP contribution >= 0.6 is 24.0 Å². The van der Waals surface area contributed by atoms with Crippen LogP contribution in [-0.4, -0.2) is 41.4 Å². The van der Waals surface area contributed by atoms with E-state index in [4.69, 9.17) is 18.0 Å². The summed E-state index contributed by atoms with van der Waals surface area (Å²) in [5, 5.41) is 0. The summed E-state index contributed by atoms with van der Waals surface area (Å²) >= 11 is 6.89. The first-order valence-electron chi connectivity index (χ1n) is 5.98. The van der Waals surface area contributed by atoms with Crippen LogP contribution in [0.25, 0.3) is 0 Å². The Morgan fingerprint density at radius 1 is 1.59 bits per heavy atom. The van der Waals surface area contributed by atoms with Gasteiger partial charge < -0.3 is 10.6 Å². The van der Waals surface area contributed by atoms with E-state index in [9.17, 15) is 4.79 Å². The molecule has 17 heavy (non-hydrogen) atoms. The molecule has 1 saturated carbocycles. The number of thiocarbonyl (C=S) groups is 1. The van der Waals surface area contributed by atoms with E-state index in [2.05, 4.69) is 13.2 Å². The Hall–Kier alpha value is -0.290. The van der Waals surface area contributed by atoms with Crippen LogP contribution < -0.4 is 5.73 Å². The van der Waals surface area contributed by atoms with Gasteiger partial charge in [-0.15, -0.1) is 0 Å². The molecule has 1 rings (SSSR count). The molecule has 1 amide bonds. The van der Waals surface area contributed by atoms with E-state index in [0.717, 1.165) is 31.6 Å². The highest BCUT2D eigenvalue weighted by Crippen LogP contribution is 2.46. The van der Waals surface area contributed by atoms with Crippen LogP contribution in [0.1, 0.15) is 26.2 Å². The Kier molecular flexibility index (Phi) is 5.25. The summed E-state index contributed by atoms with van der Waals surface area (Å²) in [4.78, 5) is 14.5. The first kappa shape index (κ1) is 14.8. The maximum Gasteiger partial charge on any atom is 0.235 e. The van der Waals surface area contributed by atoms with Crippen LogP contribution in [-0.2, 0) is 4.79 Å². The molecule has 0 aromatic heterocycles. The van der Waals surface area contributed by atoms with E-state index < -0.39 is 5.41 Å². The molecule has 0 aromatic rings. The standard InChI is InChI=1S/C12H22N2OS2/c1-9-7-12(8-9,10(13)16)11(15)14(2)5-4-6-17-3/h9H,4-8H2,1-3H3,(H2,13,16). The number of thioether (sulfide) groups is 1. The number of carbonyl (C=O) groups is 1. The van der Waals surface area contributed by atoms with Gasteiger partial charge in [0, 0.05) is 13.6 Å². The van der Waals surface area contributed by atoms with Gasteiger partial charge in [-0.25, -0.2) is 0 Å². The van der Waals surface area contributed by atoms with Gasteiger partial charge in [-0.2, -0.15) is 11.8 Å². The van der Waals surface area contributed by atoms with E-state index in [1.54, 1.807) is 16.7 Å². The number of rotatable bonds is 6. The third kappa shape index (κ3) is 3.13. The fourth-order valence-electron chi connectivity index (χ4n) is 2.52. The third-order valence-electron chi connectivity index (χ3n) is 3.46. The smallest absolute Gasteiger partial charge is 0.235 e. The topological polar surface area (TPSA) is 46.3 Å². The number of hydrogen-bond acceptors (Lipinski definition) is 3.